The van der Waals surface area contributed by atoms with Crippen molar-refractivity contribution < 1.29 is 27.5 Å². The fourth-order valence-corrected chi connectivity index (χ4v) is 4.38. The number of benzene rings is 1. The molecule has 2 aromatic rings. The van der Waals surface area contributed by atoms with Gasteiger partial charge in [-0.1, -0.05) is 24.6 Å². The highest BCUT2D eigenvalue weighted by Crippen LogP contribution is 2.39. The van der Waals surface area contributed by atoms with Crippen molar-refractivity contribution in [2.45, 2.75) is 32.5 Å². The summed E-state index contributed by atoms with van der Waals surface area (Å²) in [6, 6.07) is 3.15. The molecule has 0 fully saturated rings. The first-order valence-corrected chi connectivity index (χ1v) is 9.36. The van der Waals surface area contributed by atoms with Gasteiger partial charge in [0.15, 0.2) is 5.78 Å². The van der Waals surface area contributed by atoms with Crippen LogP contribution in [0.1, 0.15) is 50.1 Å². The first-order valence-electron chi connectivity index (χ1n) is 8.16. The number of anilines is 1. The van der Waals surface area contributed by atoms with Crippen LogP contribution in [-0.4, -0.2) is 18.3 Å². The fourth-order valence-electron chi connectivity index (χ4n) is 2.86. The molecule has 1 N–H and O–H groups in total. The summed E-state index contributed by atoms with van der Waals surface area (Å²) in [7, 11) is 0. The zero-order valence-electron chi connectivity index (χ0n) is 14.2. The van der Waals surface area contributed by atoms with E-state index < -0.39 is 22.7 Å². The number of fused-ring (bicyclic) bond motifs is 1. The molecule has 0 spiro atoms. The number of halogens is 4. The van der Waals surface area contributed by atoms with Crippen LogP contribution in [-0.2, 0) is 23.9 Å². The number of Topliss-reactive ketones (excluding diaryl/α,β-unsaturated/α-hetero) is 1. The minimum absolute atomic E-state index is 0.163. The van der Waals surface area contributed by atoms with Crippen molar-refractivity contribution in [1.82, 2.24) is 0 Å². The summed E-state index contributed by atoms with van der Waals surface area (Å²) in [6.45, 7) is 2.48. The highest BCUT2D eigenvalue weighted by Gasteiger charge is 2.35. The van der Waals surface area contributed by atoms with Gasteiger partial charge in [-0.05, 0) is 12.1 Å². The topological polar surface area (TPSA) is 55.4 Å². The van der Waals surface area contributed by atoms with Gasteiger partial charge in [-0.3, -0.25) is 9.59 Å². The number of hydrogen-bond acceptors (Lipinski definition) is 4. The Hall–Kier alpha value is -1.90. The Morgan fingerprint density at radius 3 is 2.74 bits per heavy atom. The number of rotatable bonds is 4. The average Bonchev–Trinajstić information content (AvgIpc) is 2.97. The van der Waals surface area contributed by atoms with Crippen molar-refractivity contribution in [3.05, 3.63) is 50.4 Å². The predicted molar refractivity (Wildman–Crippen MR) is 96.7 cm³/mol. The van der Waals surface area contributed by atoms with Gasteiger partial charge in [-0.15, -0.1) is 11.3 Å². The Morgan fingerprint density at radius 1 is 1.33 bits per heavy atom. The lowest BCUT2D eigenvalue weighted by Crippen LogP contribution is -2.17. The standard InChI is InChI=1S/C18H15ClF3NO3S/c1-2-12(24)14-10-8-26-7-6-13(10)27-17(14)23-16(25)9-4-3-5-11(15(9)19)18(20,21)22/h3-5H,2,6-8H2,1H3,(H,23,25). The van der Waals surface area contributed by atoms with E-state index in [1.165, 1.54) is 17.4 Å². The van der Waals surface area contributed by atoms with E-state index in [0.717, 1.165) is 22.6 Å². The molecule has 0 saturated carbocycles. The van der Waals surface area contributed by atoms with E-state index in [9.17, 15) is 22.8 Å². The van der Waals surface area contributed by atoms with Gasteiger partial charge < -0.3 is 10.1 Å². The van der Waals surface area contributed by atoms with Crippen LogP contribution in [0.25, 0.3) is 0 Å². The normalized spacial score (nSPS) is 14.0. The van der Waals surface area contributed by atoms with Gasteiger partial charge in [0, 0.05) is 23.3 Å². The van der Waals surface area contributed by atoms with E-state index in [4.69, 9.17) is 16.3 Å². The van der Waals surface area contributed by atoms with E-state index in [2.05, 4.69) is 5.32 Å². The van der Waals surface area contributed by atoms with E-state index in [1.54, 1.807) is 6.92 Å². The monoisotopic (exact) mass is 417 g/mol. The van der Waals surface area contributed by atoms with Crippen molar-refractivity contribution >= 4 is 39.6 Å². The Balaban J connectivity index is 1.98. The summed E-state index contributed by atoms with van der Waals surface area (Å²) in [4.78, 5) is 25.9. The van der Waals surface area contributed by atoms with Gasteiger partial charge in [0.2, 0.25) is 0 Å². The third-order valence-corrected chi connectivity index (χ3v) is 5.80. The third kappa shape index (κ3) is 3.88. The molecular formula is C18H15ClF3NO3S. The predicted octanol–water partition coefficient (Wildman–Crippen LogP) is 5.34. The quantitative estimate of drug-likeness (QED) is 0.683. The highest BCUT2D eigenvalue weighted by molar-refractivity contribution is 7.17. The number of alkyl halides is 3. The first kappa shape index (κ1) is 19.9. The Morgan fingerprint density at radius 2 is 2.07 bits per heavy atom. The molecule has 1 aliphatic heterocycles. The van der Waals surface area contributed by atoms with Crippen LogP contribution in [0.15, 0.2) is 18.2 Å². The fraction of sp³-hybridized carbons (Fsp3) is 0.333. The molecule has 1 amide bonds. The lowest BCUT2D eigenvalue weighted by atomic mass is 10.0. The largest absolute Gasteiger partial charge is 0.417 e. The minimum Gasteiger partial charge on any atom is -0.376 e. The Labute approximate surface area is 162 Å². The number of carbonyl (C=O) groups is 2. The van der Waals surface area contributed by atoms with E-state index in [1.807, 2.05) is 0 Å². The molecule has 0 atom stereocenters. The van der Waals surface area contributed by atoms with Crippen molar-refractivity contribution in [2.24, 2.45) is 0 Å². The molecule has 1 aromatic carbocycles. The van der Waals surface area contributed by atoms with Crippen molar-refractivity contribution in [1.29, 1.82) is 0 Å². The maximum atomic E-state index is 13.0. The molecule has 1 aromatic heterocycles. The molecule has 2 heterocycles. The molecular weight excluding hydrogens is 403 g/mol. The highest BCUT2D eigenvalue weighted by atomic mass is 35.5. The summed E-state index contributed by atoms with van der Waals surface area (Å²) >= 11 is 7.07. The number of amides is 1. The number of hydrogen-bond donors (Lipinski definition) is 1. The number of carbonyl (C=O) groups excluding carboxylic acids is 2. The summed E-state index contributed by atoms with van der Waals surface area (Å²) in [6.07, 6.45) is -3.82. The second kappa shape index (κ2) is 7.61. The molecule has 0 bridgehead atoms. The molecule has 4 nitrogen and oxygen atoms in total. The molecule has 3 rings (SSSR count). The number of ether oxygens (including phenoxy) is 1. The van der Waals surface area contributed by atoms with Gasteiger partial charge in [-0.2, -0.15) is 13.2 Å². The lowest BCUT2D eigenvalue weighted by molar-refractivity contribution is -0.137. The van der Waals surface area contributed by atoms with E-state index >= 15 is 0 Å². The average molecular weight is 418 g/mol. The van der Waals surface area contributed by atoms with Crippen LogP contribution in [0.5, 0.6) is 0 Å². The summed E-state index contributed by atoms with van der Waals surface area (Å²) in [5.74, 6) is -0.959. The maximum absolute atomic E-state index is 13.0. The molecule has 27 heavy (non-hydrogen) atoms. The second-order valence-electron chi connectivity index (χ2n) is 5.91. The molecule has 0 unspecified atom stereocenters. The van der Waals surface area contributed by atoms with Crippen molar-refractivity contribution in [2.75, 3.05) is 11.9 Å². The van der Waals surface area contributed by atoms with Crippen molar-refractivity contribution in [3.8, 4) is 0 Å². The lowest BCUT2D eigenvalue weighted by Gasteiger charge is -2.13. The Kier molecular flexibility index (Phi) is 5.60. The van der Waals surface area contributed by atoms with Crippen LogP contribution in [0, 0.1) is 0 Å². The molecule has 1 aliphatic rings. The molecule has 144 valence electrons. The van der Waals surface area contributed by atoms with Gasteiger partial charge >= 0.3 is 6.18 Å². The molecule has 9 heteroatoms. The van der Waals surface area contributed by atoms with Gasteiger partial charge in [0.25, 0.3) is 5.91 Å². The summed E-state index contributed by atoms with van der Waals surface area (Å²) in [5.41, 5.74) is -0.276. The first-order chi connectivity index (χ1) is 12.7. The van der Waals surface area contributed by atoms with Crippen LogP contribution >= 0.6 is 22.9 Å². The molecule has 0 aliphatic carbocycles. The second-order valence-corrected chi connectivity index (χ2v) is 7.39. The zero-order chi connectivity index (χ0) is 19.8. The SMILES string of the molecule is CCC(=O)c1c(NC(=O)c2cccc(C(F)(F)F)c2Cl)sc2c1COCC2. The van der Waals surface area contributed by atoms with Crippen LogP contribution in [0.2, 0.25) is 5.02 Å². The molecule has 0 radical (unpaired) electrons. The van der Waals surface area contributed by atoms with Gasteiger partial charge in [-0.25, -0.2) is 0 Å². The summed E-state index contributed by atoms with van der Waals surface area (Å²) in [5, 5.41) is 2.21. The van der Waals surface area contributed by atoms with Gasteiger partial charge in [0.1, 0.15) is 5.00 Å². The number of nitrogens with one attached hydrogen (secondary N) is 1. The molecule has 0 saturated heterocycles. The maximum Gasteiger partial charge on any atom is 0.417 e. The minimum atomic E-state index is -4.67. The van der Waals surface area contributed by atoms with Crippen LogP contribution in [0.3, 0.4) is 0 Å². The Bertz CT molecular complexity index is 908. The smallest absolute Gasteiger partial charge is 0.376 e. The van der Waals surface area contributed by atoms with E-state index in [-0.39, 0.29) is 24.4 Å². The van der Waals surface area contributed by atoms with E-state index in [0.29, 0.717) is 23.6 Å². The van der Waals surface area contributed by atoms with Crippen LogP contribution < -0.4 is 5.32 Å². The van der Waals surface area contributed by atoms with Crippen molar-refractivity contribution in [3.63, 3.8) is 0 Å². The summed E-state index contributed by atoms with van der Waals surface area (Å²) < 4.78 is 44.5. The third-order valence-electron chi connectivity index (χ3n) is 4.19. The van der Waals surface area contributed by atoms with Gasteiger partial charge in [0.05, 0.1) is 34.9 Å². The zero-order valence-corrected chi connectivity index (χ0v) is 15.8. The van der Waals surface area contributed by atoms with Crippen LogP contribution in [0.4, 0.5) is 18.2 Å². The number of ketones is 1. The number of thiophene rings is 1.